The lowest BCUT2D eigenvalue weighted by Gasteiger charge is -2.04. The molecule has 2 aromatic heterocycles. The molecule has 2 aromatic rings. The van der Waals surface area contributed by atoms with Gasteiger partial charge in [-0.2, -0.15) is 0 Å². The Balaban J connectivity index is 2.04. The van der Waals surface area contributed by atoms with Crippen molar-refractivity contribution in [3.63, 3.8) is 0 Å². The molecular weight excluding hydrogens is 294 g/mol. The van der Waals surface area contributed by atoms with Crippen molar-refractivity contribution < 1.29 is 13.5 Å². The largest absolute Gasteiger partial charge is 0.390 e. The van der Waals surface area contributed by atoms with Crippen molar-refractivity contribution in [2.75, 3.05) is 6.54 Å². The summed E-state index contributed by atoms with van der Waals surface area (Å²) in [5.74, 6) is 0.708. The number of nitrogens with zero attached hydrogens (tertiary/aromatic N) is 4. The second kappa shape index (κ2) is 6.37. The Labute approximate surface area is 123 Å². The predicted molar refractivity (Wildman–Crippen MR) is 75.9 cm³/mol. The number of nitrogens with one attached hydrogen (secondary N) is 1. The van der Waals surface area contributed by atoms with Gasteiger partial charge in [-0.1, -0.05) is 0 Å². The standard InChI is InChI=1S/C12H19N5O3S/c1-3-17-7-11(6-10(17)8-18)21(19,20)14-5-4-12-15-13-9-16(12)2/h6-7,9,14,18H,3-5,8H2,1-2H3. The van der Waals surface area contributed by atoms with E-state index in [2.05, 4.69) is 14.9 Å². The fourth-order valence-electron chi connectivity index (χ4n) is 2.01. The van der Waals surface area contributed by atoms with Crippen LogP contribution in [0.15, 0.2) is 23.5 Å². The third kappa shape index (κ3) is 3.49. The minimum absolute atomic E-state index is 0.159. The van der Waals surface area contributed by atoms with Gasteiger partial charge in [-0.15, -0.1) is 10.2 Å². The Morgan fingerprint density at radius 3 is 2.71 bits per heavy atom. The van der Waals surface area contributed by atoms with Gasteiger partial charge in [0.1, 0.15) is 12.2 Å². The molecule has 0 aliphatic carbocycles. The van der Waals surface area contributed by atoms with Gasteiger partial charge in [0.15, 0.2) is 0 Å². The van der Waals surface area contributed by atoms with Crippen LogP contribution in [0.1, 0.15) is 18.4 Å². The van der Waals surface area contributed by atoms with E-state index in [9.17, 15) is 13.5 Å². The Hall–Kier alpha value is -1.71. The van der Waals surface area contributed by atoms with E-state index >= 15 is 0 Å². The van der Waals surface area contributed by atoms with Crippen LogP contribution in [-0.4, -0.2) is 39.4 Å². The van der Waals surface area contributed by atoms with Gasteiger partial charge in [0, 0.05) is 38.4 Å². The summed E-state index contributed by atoms with van der Waals surface area (Å²) in [4.78, 5) is 0.159. The Kier molecular flexibility index (Phi) is 4.76. The van der Waals surface area contributed by atoms with Crippen LogP contribution in [-0.2, 0) is 36.6 Å². The van der Waals surface area contributed by atoms with Gasteiger partial charge in [-0.05, 0) is 13.0 Å². The topological polar surface area (TPSA) is 102 Å². The molecule has 0 amide bonds. The molecule has 0 aliphatic rings. The lowest BCUT2D eigenvalue weighted by molar-refractivity contribution is 0.271. The first-order valence-corrected chi connectivity index (χ1v) is 8.08. The van der Waals surface area contributed by atoms with Crippen LogP contribution in [0.25, 0.3) is 0 Å². The fraction of sp³-hybridized carbons (Fsp3) is 0.500. The van der Waals surface area contributed by atoms with Gasteiger partial charge < -0.3 is 14.2 Å². The van der Waals surface area contributed by atoms with E-state index in [4.69, 9.17) is 0 Å². The molecule has 9 heteroatoms. The zero-order valence-electron chi connectivity index (χ0n) is 12.0. The van der Waals surface area contributed by atoms with Crippen molar-refractivity contribution in [3.8, 4) is 0 Å². The maximum atomic E-state index is 12.2. The molecule has 2 rings (SSSR count). The maximum absolute atomic E-state index is 12.2. The van der Waals surface area contributed by atoms with Crippen LogP contribution in [0.4, 0.5) is 0 Å². The summed E-state index contributed by atoms with van der Waals surface area (Å²) < 4.78 is 30.4. The highest BCUT2D eigenvalue weighted by molar-refractivity contribution is 7.89. The molecule has 0 aromatic carbocycles. The van der Waals surface area contributed by atoms with E-state index in [0.29, 0.717) is 24.5 Å². The zero-order valence-corrected chi connectivity index (χ0v) is 12.8. The SMILES string of the molecule is CCn1cc(S(=O)(=O)NCCc2nncn2C)cc1CO. The molecule has 0 saturated heterocycles. The number of aryl methyl sites for hydroxylation is 2. The van der Waals surface area contributed by atoms with E-state index in [1.165, 1.54) is 12.3 Å². The number of rotatable bonds is 7. The molecule has 2 N–H and O–H groups in total. The van der Waals surface area contributed by atoms with E-state index in [1.807, 2.05) is 6.92 Å². The van der Waals surface area contributed by atoms with Gasteiger partial charge in [-0.3, -0.25) is 0 Å². The van der Waals surface area contributed by atoms with Crippen LogP contribution < -0.4 is 4.72 Å². The second-order valence-corrected chi connectivity index (χ2v) is 6.38. The number of sulfonamides is 1. The van der Waals surface area contributed by atoms with Crippen molar-refractivity contribution in [2.24, 2.45) is 7.05 Å². The lowest BCUT2D eigenvalue weighted by Crippen LogP contribution is -2.26. The fourth-order valence-corrected chi connectivity index (χ4v) is 3.11. The molecular formula is C12H19N5O3S. The van der Waals surface area contributed by atoms with Crippen LogP contribution >= 0.6 is 0 Å². The third-order valence-electron chi connectivity index (χ3n) is 3.22. The minimum Gasteiger partial charge on any atom is -0.390 e. The molecule has 8 nitrogen and oxygen atoms in total. The first-order valence-electron chi connectivity index (χ1n) is 6.60. The smallest absolute Gasteiger partial charge is 0.242 e. The van der Waals surface area contributed by atoms with Crippen LogP contribution in [0.3, 0.4) is 0 Å². The molecule has 21 heavy (non-hydrogen) atoms. The van der Waals surface area contributed by atoms with Crippen LogP contribution in [0, 0.1) is 0 Å². The van der Waals surface area contributed by atoms with E-state index in [-0.39, 0.29) is 18.0 Å². The molecule has 0 fully saturated rings. The van der Waals surface area contributed by atoms with Crippen LogP contribution in [0.5, 0.6) is 0 Å². The number of aliphatic hydroxyl groups excluding tert-OH is 1. The number of aliphatic hydroxyl groups is 1. The summed E-state index contributed by atoms with van der Waals surface area (Å²) in [5, 5.41) is 16.8. The average Bonchev–Trinajstić information content (AvgIpc) is 3.05. The first-order chi connectivity index (χ1) is 9.97. The highest BCUT2D eigenvalue weighted by Crippen LogP contribution is 2.14. The molecule has 0 unspecified atom stereocenters. The first kappa shape index (κ1) is 15.7. The normalized spacial score (nSPS) is 12.0. The molecule has 116 valence electrons. The molecule has 0 spiro atoms. The number of hydrogen-bond acceptors (Lipinski definition) is 5. The summed E-state index contributed by atoms with van der Waals surface area (Å²) >= 11 is 0. The molecule has 0 aliphatic heterocycles. The Bertz CT molecular complexity index is 683. The second-order valence-electron chi connectivity index (χ2n) is 4.62. The van der Waals surface area contributed by atoms with Gasteiger partial charge in [0.2, 0.25) is 10.0 Å². The molecule has 0 bridgehead atoms. The zero-order chi connectivity index (χ0) is 15.5. The Morgan fingerprint density at radius 1 is 1.43 bits per heavy atom. The molecule has 0 saturated carbocycles. The summed E-state index contributed by atoms with van der Waals surface area (Å²) in [6.07, 6.45) is 3.55. The summed E-state index contributed by atoms with van der Waals surface area (Å²) in [6, 6.07) is 1.48. The van der Waals surface area contributed by atoms with Gasteiger partial charge in [0.05, 0.1) is 11.5 Å². The number of aromatic nitrogens is 4. The van der Waals surface area contributed by atoms with Gasteiger partial charge >= 0.3 is 0 Å². The summed E-state index contributed by atoms with van der Waals surface area (Å²) in [7, 11) is -1.78. The van der Waals surface area contributed by atoms with Crippen LogP contribution in [0.2, 0.25) is 0 Å². The van der Waals surface area contributed by atoms with Gasteiger partial charge in [0.25, 0.3) is 0 Å². The molecule has 0 radical (unpaired) electrons. The van der Waals surface area contributed by atoms with Crippen molar-refractivity contribution in [2.45, 2.75) is 31.4 Å². The lowest BCUT2D eigenvalue weighted by atomic mass is 10.4. The van der Waals surface area contributed by atoms with Crippen molar-refractivity contribution in [1.82, 2.24) is 24.1 Å². The molecule has 2 heterocycles. The third-order valence-corrected chi connectivity index (χ3v) is 4.65. The Morgan fingerprint density at radius 2 is 2.19 bits per heavy atom. The average molecular weight is 313 g/mol. The summed E-state index contributed by atoms with van der Waals surface area (Å²) in [5.41, 5.74) is 0.575. The van der Waals surface area contributed by atoms with E-state index in [0.717, 1.165) is 0 Å². The number of hydrogen-bond donors (Lipinski definition) is 2. The molecule has 0 atom stereocenters. The quantitative estimate of drug-likeness (QED) is 0.727. The van der Waals surface area contributed by atoms with E-state index < -0.39 is 10.0 Å². The predicted octanol–water partition coefficient (Wildman–Crippen LogP) is -0.350. The van der Waals surface area contributed by atoms with E-state index in [1.54, 1.807) is 22.5 Å². The van der Waals surface area contributed by atoms with Gasteiger partial charge in [-0.25, -0.2) is 13.1 Å². The monoisotopic (exact) mass is 313 g/mol. The summed E-state index contributed by atoms with van der Waals surface area (Å²) in [6.45, 7) is 2.53. The van der Waals surface area contributed by atoms with Crippen molar-refractivity contribution in [3.05, 3.63) is 30.1 Å². The van der Waals surface area contributed by atoms with Crippen molar-refractivity contribution >= 4 is 10.0 Å². The highest BCUT2D eigenvalue weighted by Gasteiger charge is 2.17. The maximum Gasteiger partial charge on any atom is 0.242 e. The minimum atomic E-state index is -3.59. The van der Waals surface area contributed by atoms with Crippen molar-refractivity contribution in [1.29, 1.82) is 0 Å². The highest BCUT2D eigenvalue weighted by atomic mass is 32.2.